The Morgan fingerprint density at radius 3 is 2.43 bits per heavy atom. The SMILES string of the molecule is CCCOc1ccccc1C1(O)CCC2(CC1)OCCO2. The summed E-state index contributed by atoms with van der Waals surface area (Å²) in [6.07, 6.45) is 3.69. The number of aliphatic hydroxyl groups is 1. The van der Waals surface area contributed by atoms with Gasteiger partial charge in [0, 0.05) is 18.4 Å². The van der Waals surface area contributed by atoms with Crippen molar-refractivity contribution in [1.82, 2.24) is 0 Å². The van der Waals surface area contributed by atoms with Gasteiger partial charge in [-0.05, 0) is 25.3 Å². The zero-order valence-electron chi connectivity index (χ0n) is 12.6. The fourth-order valence-corrected chi connectivity index (χ4v) is 3.29. The van der Waals surface area contributed by atoms with Crippen LogP contribution in [0.4, 0.5) is 0 Å². The molecule has 1 aromatic rings. The summed E-state index contributed by atoms with van der Waals surface area (Å²) in [5, 5.41) is 11.1. The van der Waals surface area contributed by atoms with Crippen LogP contribution in [0.3, 0.4) is 0 Å². The van der Waals surface area contributed by atoms with E-state index < -0.39 is 11.4 Å². The van der Waals surface area contributed by atoms with E-state index in [0.717, 1.165) is 30.6 Å². The fourth-order valence-electron chi connectivity index (χ4n) is 3.29. The predicted molar refractivity (Wildman–Crippen MR) is 79.2 cm³/mol. The molecular weight excluding hydrogens is 268 g/mol. The molecule has 1 saturated carbocycles. The minimum Gasteiger partial charge on any atom is -0.493 e. The molecule has 1 N–H and O–H groups in total. The Morgan fingerprint density at radius 1 is 1.10 bits per heavy atom. The van der Waals surface area contributed by atoms with Gasteiger partial charge < -0.3 is 19.3 Å². The molecule has 1 saturated heterocycles. The lowest BCUT2D eigenvalue weighted by molar-refractivity contribution is -0.204. The molecule has 2 fully saturated rings. The van der Waals surface area contributed by atoms with Crippen LogP contribution in [-0.2, 0) is 15.1 Å². The van der Waals surface area contributed by atoms with Crippen molar-refractivity contribution in [3.8, 4) is 5.75 Å². The van der Waals surface area contributed by atoms with Crippen molar-refractivity contribution in [1.29, 1.82) is 0 Å². The molecule has 3 rings (SSSR count). The van der Waals surface area contributed by atoms with Crippen molar-refractivity contribution >= 4 is 0 Å². The summed E-state index contributed by atoms with van der Waals surface area (Å²) < 4.78 is 17.3. The zero-order valence-corrected chi connectivity index (χ0v) is 12.6. The Labute approximate surface area is 126 Å². The lowest BCUT2D eigenvalue weighted by Gasteiger charge is -2.41. The Hall–Kier alpha value is -1.10. The van der Waals surface area contributed by atoms with Gasteiger partial charge in [0.1, 0.15) is 5.75 Å². The van der Waals surface area contributed by atoms with Gasteiger partial charge in [-0.15, -0.1) is 0 Å². The smallest absolute Gasteiger partial charge is 0.168 e. The summed E-state index contributed by atoms with van der Waals surface area (Å²) in [6.45, 7) is 4.07. The average Bonchev–Trinajstić information content (AvgIpc) is 2.98. The van der Waals surface area contributed by atoms with Crippen molar-refractivity contribution in [3.05, 3.63) is 29.8 Å². The van der Waals surface area contributed by atoms with Gasteiger partial charge in [-0.3, -0.25) is 0 Å². The first-order valence-corrected chi connectivity index (χ1v) is 7.90. The van der Waals surface area contributed by atoms with Crippen molar-refractivity contribution < 1.29 is 19.3 Å². The highest BCUT2D eigenvalue weighted by Crippen LogP contribution is 2.46. The number of hydrogen-bond acceptors (Lipinski definition) is 4. The van der Waals surface area contributed by atoms with E-state index in [2.05, 4.69) is 6.92 Å². The number of rotatable bonds is 4. The van der Waals surface area contributed by atoms with Crippen LogP contribution in [0, 0.1) is 0 Å². The van der Waals surface area contributed by atoms with E-state index in [1.807, 2.05) is 24.3 Å². The maximum absolute atomic E-state index is 11.1. The van der Waals surface area contributed by atoms with Gasteiger partial charge in [0.25, 0.3) is 0 Å². The van der Waals surface area contributed by atoms with E-state index in [9.17, 15) is 5.11 Å². The van der Waals surface area contributed by atoms with Gasteiger partial charge >= 0.3 is 0 Å². The third-order valence-corrected chi connectivity index (χ3v) is 4.50. The normalized spacial score (nSPS) is 23.3. The molecule has 0 atom stereocenters. The second-order valence-corrected chi connectivity index (χ2v) is 5.98. The molecule has 2 aliphatic rings. The summed E-state index contributed by atoms with van der Waals surface area (Å²) in [5.41, 5.74) is 0.0524. The summed E-state index contributed by atoms with van der Waals surface area (Å²) in [4.78, 5) is 0. The molecule has 0 radical (unpaired) electrons. The molecular formula is C17H24O4. The zero-order chi connectivity index (χ0) is 14.8. The molecule has 1 heterocycles. The van der Waals surface area contributed by atoms with Gasteiger partial charge in [-0.2, -0.15) is 0 Å². The van der Waals surface area contributed by atoms with Crippen LogP contribution >= 0.6 is 0 Å². The van der Waals surface area contributed by atoms with Crippen molar-refractivity contribution in [2.24, 2.45) is 0 Å². The first kappa shape index (κ1) is 14.8. The average molecular weight is 292 g/mol. The highest BCUT2D eigenvalue weighted by atomic mass is 16.7. The van der Waals surface area contributed by atoms with E-state index >= 15 is 0 Å². The second-order valence-electron chi connectivity index (χ2n) is 5.98. The highest BCUT2D eigenvalue weighted by molar-refractivity contribution is 5.38. The van der Waals surface area contributed by atoms with Crippen LogP contribution in [0.1, 0.15) is 44.6 Å². The molecule has 1 aromatic carbocycles. The monoisotopic (exact) mass is 292 g/mol. The van der Waals surface area contributed by atoms with Gasteiger partial charge in [0.15, 0.2) is 5.79 Å². The van der Waals surface area contributed by atoms with Crippen molar-refractivity contribution in [3.63, 3.8) is 0 Å². The lowest BCUT2D eigenvalue weighted by atomic mass is 9.76. The Kier molecular flexibility index (Phi) is 4.20. The highest BCUT2D eigenvalue weighted by Gasteiger charge is 2.47. The van der Waals surface area contributed by atoms with E-state index in [-0.39, 0.29) is 0 Å². The van der Waals surface area contributed by atoms with Crippen LogP contribution in [0.25, 0.3) is 0 Å². The third-order valence-electron chi connectivity index (χ3n) is 4.50. The molecule has 1 aliphatic heterocycles. The molecule has 0 aromatic heterocycles. The molecule has 0 bridgehead atoms. The molecule has 21 heavy (non-hydrogen) atoms. The minimum absolute atomic E-state index is 0.453. The molecule has 0 amide bonds. The maximum atomic E-state index is 11.1. The van der Waals surface area contributed by atoms with Crippen molar-refractivity contribution in [2.75, 3.05) is 19.8 Å². The number of ether oxygens (including phenoxy) is 3. The molecule has 4 nitrogen and oxygen atoms in total. The summed E-state index contributed by atoms with van der Waals surface area (Å²) >= 11 is 0. The first-order valence-electron chi connectivity index (χ1n) is 7.90. The summed E-state index contributed by atoms with van der Waals surface area (Å²) in [6, 6.07) is 7.82. The van der Waals surface area contributed by atoms with E-state index in [1.54, 1.807) is 0 Å². The van der Waals surface area contributed by atoms with Gasteiger partial charge in [-0.1, -0.05) is 25.1 Å². The van der Waals surface area contributed by atoms with Crippen LogP contribution < -0.4 is 4.74 Å². The lowest BCUT2D eigenvalue weighted by Crippen LogP contribution is -2.42. The number of benzene rings is 1. The molecule has 0 unspecified atom stereocenters. The maximum Gasteiger partial charge on any atom is 0.168 e. The summed E-state index contributed by atoms with van der Waals surface area (Å²) in [5.74, 6) is 0.344. The molecule has 1 spiro atoms. The van der Waals surface area contributed by atoms with Gasteiger partial charge in [0.05, 0.1) is 25.4 Å². The Bertz CT molecular complexity index is 469. The van der Waals surface area contributed by atoms with Gasteiger partial charge in [0.2, 0.25) is 0 Å². The second kappa shape index (κ2) is 5.95. The molecule has 116 valence electrons. The molecule has 1 aliphatic carbocycles. The number of hydrogen-bond donors (Lipinski definition) is 1. The summed E-state index contributed by atoms with van der Waals surface area (Å²) in [7, 11) is 0. The third kappa shape index (κ3) is 2.93. The molecule has 4 heteroatoms. The number of para-hydroxylation sites is 1. The van der Waals surface area contributed by atoms with E-state index in [0.29, 0.717) is 32.7 Å². The van der Waals surface area contributed by atoms with E-state index in [4.69, 9.17) is 14.2 Å². The first-order chi connectivity index (χ1) is 10.2. The quantitative estimate of drug-likeness (QED) is 0.927. The van der Waals surface area contributed by atoms with Crippen LogP contribution in [0.5, 0.6) is 5.75 Å². The van der Waals surface area contributed by atoms with Crippen LogP contribution in [-0.4, -0.2) is 30.7 Å². The van der Waals surface area contributed by atoms with Crippen LogP contribution in [0.2, 0.25) is 0 Å². The Morgan fingerprint density at radius 2 is 1.76 bits per heavy atom. The van der Waals surface area contributed by atoms with Crippen molar-refractivity contribution in [2.45, 2.75) is 50.4 Å². The Balaban J connectivity index is 1.77. The van der Waals surface area contributed by atoms with Crippen LogP contribution in [0.15, 0.2) is 24.3 Å². The predicted octanol–water partition coefficient (Wildman–Crippen LogP) is 2.98. The topological polar surface area (TPSA) is 47.9 Å². The fraction of sp³-hybridized carbons (Fsp3) is 0.647. The standard InChI is InChI=1S/C17H24O4/c1-2-11-19-15-6-4-3-5-14(15)16(18)7-9-17(10-8-16)20-12-13-21-17/h3-6,18H,2,7-13H2,1H3. The largest absolute Gasteiger partial charge is 0.493 e. The van der Waals surface area contributed by atoms with Gasteiger partial charge in [-0.25, -0.2) is 0 Å². The minimum atomic E-state index is -0.842. The van der Waals surface area contributed by atoms with E-state index in [1.165, 1.54) is 0 Å².